The zero-order chi connectivity index (χ0) is 13.5. The van der Waals surface area contributed by atoms with Crippen molar-refractivity contribution in [2.24, 2.45) is 0 Å². The van der Waals surface area contributed by atoms with E-state index in [1.165, 1.54) is 38.2 Å². The van der Waals surface area contributed by atoms with Gasteiger partial charge in [0.15, 0.2) is 0 Å². The van der Waals surface area contributed by atoms with Crippen molar-refractivity contribution >= 4 is 0 Å². The van der Waals surface area contributed by atoms with Gasteiger partial charge in [-0.25, -0.2) is 4.39 Å². The van der Waals surface area contributed by atoms with Gasteiger partial charge in [0, 0.05) is 18.2 Å². The Morgan fingerprint density at radius 1 is 1.26 bits per heavy atom. The number of nitrogens with one attached hydrogen (secondary N) is 1. The Hall–Kier alpha value is -0.930. The molecule has 1 fully saturated rings. The van der Waals surface area contributed by atoms with Crippen molar-refractivity contribution in [3.63, 3.8) is 0 Å². The maximum Gasteiger partial charge on any atom is 0.127 e. The largest absolute Gasteiger partial charge is 0.377 e. The van der Waals surface area contributed by atoms with Gasteiger partial charge in [-0.15, -0.1) is 0 Å². The summed E-state index contributed by atoms with van der Waals surface area (Å²) in [5.41, 5.74) is 0.722. The van der Waals surface area contributed by atoms with Crippen LogP contribution < -0.4 is 5.32 Å². The summed E-state index contributed by atoms with van der Waals surface area (Å²) in [6.45, 7) is 3.47. The van der Waals surface area contributed by atoms with Crippen LogP contribution in [0.4, 0.5) is 4.39 Å². The summed E-state index contributed by atoms with van der Waals surface area (Å²) in [6.07, 6.45) is 6.78. The maximum atomic E-state index is 13.6. The van der Waals surface area contributed by atoms with Crippen LogP contribution in [-0.4, -0.2) is 19.3 Å². The van der Waals surface area contributed by atoms with E-state index in [1.807, 2.05) is 19.1 Å². The van der Waals surface area contributed by atoms with Gasteiger partial charge in [0.25, 0.3) is 0 Å². The van der Waals surface area contributed by atoms with Crippen LogP contribution in [0.1, 0.15) is 50.6 Å². The van der Waals surface area contributed by atoms with E-state index < -0.39 is 0 Å². The molecule has 1 N–H and O–H groups in total. The molecule has 0 saturated heterocycles. The van der Waals surface area contributed by atoms with Gasteiger partial charge in [0.2, 0.25) is 0 Å². The van der Waals surface area contributed by atoms with Gasteiger partial charge in [-0.05, 0) is 25.8 Å². The van der Waals surface area contributed by atoms with E-state index in [9.17, 15) is 4.39 Å². The topological polar surface area (TPSA) is 21.3 Å². The summed E-state index contributed by atoms with van der Waals surface area (Å²) in [5, 5.41) is 3.31. The lowest BCUT2D eigenvalue weighted by molar-refractivity contribution is 0.0295. The normalized spacial score (nSPS) is 18.4. The third-order valence-corrected chi connectivity index (χ3v) is 3.83. The Morgan fingerprint density at radius 2 is 2.00 bits per heavy atom. The summed E-state index contributed by atoms with van der Waals surface area (Å²) in [7, 11) is 0. The van der Waals surface area contributed by atoms with E-state index >= 15 is 0 Å². The van der Waals surface area contributed by atoms with Crippen molar-refractivity contribution in [3.8, 4) is 0 Å². The van der Waals surface area contributed by atoms with Crippen molar-refractivity contribution in [2.75, 3.05) is 13.2 Å². The number of ether oxygens (including phenoxy) is 1. The zero-order valence-electron chi connectivity index (χ0n) is 11.7. The van der Waals surface area contributed by atoms with Crippen LogP contribution in [0.3, 0.4) is 0 Å². The molecule has 106 valence electrons. The molecule has 0 amide bonds. The fourth-order valence-electron chi connectivity index (χ4n) is 2.67. The molecule has 0 radical (unpaired) electrons. The Balaban J connectivity index is 1.66. The molecule has 0 spiro atoms. The van der Waals surface area contributed by atoms with E-state index in [4.69, 9.17) is 4.74 Å². The predicted octanol–water partition coefficient (Wildman–Crippen LogP) is 3.83. The third-order valence-electron chi connectivity index (χ3n) is 3.83. The van der Waals surface area contributed by atoms with Crippen LogP contribution in [0, 0.1) is 5.82 Å². The fraction of sp³-hybridized carbons (Fsp3) is 0.625. The first-order valence-electron chi connectivity index (χ1n) is 7.37. The summed E-state index contributed by atoms with van der Waals surface area (Å²) in [5.74, 6) is -0.143. The second-order valence-corrected chi connectivity index (χ2v) is 5.33. The highest BCUT2D eigenvalue weighted by molar-refractivity contribution is 5.20. The van der Waals surface area contributed by atoms with Crippen LogP contribution in [0.25, 0.3) is 0 Å². The second-order valence-electron chi connectivity index (χ2n) is 5.33. The van der Waals surface area contributed by atoms with Crippen molar-refractivity contribution in [1.82, 2.24) is 5.32 Å². The van der Waals surface area contributed by atoms with Crippen LogP contribution in [0.15, 0.2) is 24.3 Å². The molecular formula is C16H24FNO. The Kier molecular flexibility index (Phi) is 5.80. The molecule has 0 aromatic heterocycles. The lowest BCUT2D eigenvalue weighted by atomic mass is 9.98. The molecule has 2 rings (SSSR count). The minimum absolute atomic E-state index is 0.0242. The highest BCUT2D eigenvalue weighted by Crippen LogP contribution is 2.20. The molecule has 1 aromatic rings. The lowest BCUT2D eigenvalue weighted by Crippen LogP contribution is -2.27. The van der Waals surface area contributed by atoms with Gasteiger partial charge in [-0.1, -0.05) is 37.5 Å². The number of hydrogen-bond donors (Lipinski definition) is 1. The monoisotopic (exact) mass is 265 g/mol. The first-order chi connectivity index (χ1) is 9.27. The van der Waals surface area contributed by atoms with Crippen LogP contribution in [0.5, 0.6) is 0 Å². The SMILES string of the molecule is CC(NCCOC1CCCCC1)c1ccccc1F. The van der Waals surface area contributed by atoms with Crippen LogP contribution >= 0.6 is 0 Å². The van der Waals surface area contributed by atoms with Gasteiger partial charge in [0.05, 0.1) is 12.7 Å². The van der Waals surface area contributed by atoms with Crippen LogP contribution in [0.2, 0.25) is 0 Å². The number of benzene rings is 1. The molecule has 3 heteroatoms. The molecule has 19 heavy (non-hydrogen) atoms. The third kappa shape index (κ3) is 4.59. The van der Waals surface area contributed by atoms with E-state index in [1.54, 1.807) is 6.07 Å². The highest BCUT2D eigenvalue weighted by atomic mass is 19.1. The number of halogens is 1. The fourth-order valence-corrected chi connectivity index (χ4v) is 2.67. The maximum absolute atomic E-state index is 13.6. The zero-order valence-corrected chi connectivity index (χ0v) is 11.7. The molecule has 0 aliphatic heterocycles. The molecule has 0 heterocycles. The summed E-state index contributed by atoms with van der Waals surface area (Å²) >= 11 is 0. The van der Waals surface area contributed by atoms with Crippen molar-refractivity contribution in [3.05, 3.63) is 35.6 Å². The molecule has 1 atom stereocenters. The van der Waals surface area contributed by atoms with Gasteiger partial charge in [-0.3, -0.25) is 0 Å². The van der Waals surface area contributed by atoms with Gasteiger partial charge in [0.1, 0.15) is 5.82 Å². The average Bonchev–Trinajstić information content (AvgIpc) is 2.45. The average molecular weight is 265 g/mol. The minimum Gasteiger partial charge on any atom is -0.377 e. The van der Waals surface area contributed by atoms with E-state index in [2.05, 4.69) is 5.32 Å². The molecule has 2 nitrogen and oxygen atoms in total. The van der Waals surface area contributed by atoms with Gasteiger partial charge in [-0.2, -0.15) is 0 Å². The van der Waals surface area contributed by atoms with E-state index in [-0.39, 0.29) is 11.9 Å². The van der Waals surface area contributed by atoms with Crippen molar-refractivity contribution < 1.29 is 9.13 Å². The van der Waals surface area contributed by atoms with Crippen molar-refractivity contribution in [1.29, 1.82) is 0 Å². The van der Waals surface area contributed by atoms with E-state index in [0.29, 0.717) is 12.7 Å². The minimum atomic E-state index is -0.143. The lowest BCUT2D eigenvalue weighted by Gasteiger charge is -2.22. The van der Waals surface area contributed by atoms with Gasteiger partial charge < -0.3 is 10.1 Å². The first kappa shape index (κ1) is 14.5. The first-order valence-corrected chi connectivity index (χ1v) is 7.37. The highest BCUT2D eigenvalue weighted by Gasteiger charge is 2.14. The molecule has 1 saturated carbocycles. The van der Waals surface area contributed by atoms with Crippen LogP contribution in [-0.2, 0) is 4.74 Å². The summed E-state index contributed by atoms with van der Waals surface area (Å²) in [4.78, 5) is 0. The Bertz CT molecular complexity index is 377. The summed E-state index contributed by atoms with van der Waals surface area (Å²) < 4.78 is 19.4. The summed E-state index contributed by atoms with van der Waals surface area (Å²) in [6, 6.07) is 6.95. The Morgan fingerprint density at radius 3 is 2.74 bits per heavy atom. The second kappa shape index (κ2) is 7.61. The molecule has 1 aromatic carbocycles. The number of rotatable bonds is 6. The molecule has 0 bridgehead atoms. The molecule has 1 unspecified atom stereocenters. The number of hydrogen-bond acceptors (Lipinski definition) is 2. The predicted molar refractivity (Wildman–Crippen MR) is 75.6 cm³/mol. The molecular weight excluding hydrogens is 241 g/mol. The standard InChI is InChI=1S/C16H24FNO/c1-13(15-9-5-6-10-16(15)17)18-11-12-19-14-7-3-2-4-8-14/h5-6,9-10,13-14,18H,2-4,7-8,11-12H2,1H3. The smallest absolute Gasteiger partial charge is 0.127 e. The quantitative estimate of drug-likeness (QED) is 0.789. The van der Waals surface area contributed by atoms with Gasteiger partial charge >= 0.3 is 0 Å². The van der Waals surface area contributed by atoms with E-state index in [0.717, 1.165) is 12.1 Å². The van der Waals surface area contributed by atoms with Crippen molar-refractivity contribution in [2.45, 2.75) is 51.2 Å². The molecule has 1 aliphatic rings. The molecule has 1 aliphatic carbocycles. The Labute approximate surface area is 115 Å².